The van der Waals surface area contributed by atoms with Gasteiger partial charge in [-0.25, -0.2) is 0 Å². The average Bonchev–Trinajstić information content (AvgIpc) is 3.94. The van der Waals surface area contributed by atoms with Gasteiger partial charge in [-0.15, -0.1) is 0 Å². The molecule has 1 fully saturated rings. The monoisotopic (exact) mass is 732 g/mol. The number of nitrogens with zero attached hydrogens (tertiary/aromatic N) is 3. The number of fused-ring (bicyclic) bond motifs is 3. The van der Waals surface area contributed by atoms with Gasteiger partial charge >= 0.3 is 0 Å². The molecule has 8 aromatic rings. The average molecular weight is 733 g/mol. The molecule has 56 heavy (non-hydrogen) atoms. The van der Waals surface area contributed by atoms with Crippen molar-refractivity contribution in [3.63, 3.8) is 0 Å². The molecular weight excluding hydrogens is 689 g/mol. The Bertz CT molecular complexity index is 2600. The third-order valence-corrected chi connectivity index (χ3v) is 10.3. The normalized spacial score (nSPS) is 15.5. The van der Waals surface area contributed by atoms with Crippen molar-refractivity contribution >= 4 is 44.8 Å². The van der Waals surface area contributed by atoms with Gasteiger partial charge in [-0.3, -0.25) is 10.3 Å². The number of benzene rings is 7. The van der Waals surface area contributed by atoms with Gasteiger partial charge in [-0.05, 0) is 117 Å². The van der Waals surface area contributed by atoms with Crippen molar-refractivity contribution < 1.29 is 9.47 Å². The van der Waals surface area contributed by atoms with Crippen molar-refractivity contribution in [2.45, 2.75) is 32.1 Å². The van der Waals surface area contributed by atoms with Gasteiger partial charge in [0.1, 0.15) is 11.4 Å². The summed E-state index contributed by atoms with van der Waals surface area (Å²) in [7, 11) is 1.78. The summed E-state index contributed by atoms with van der Waals surface area (Å²) in [5.74, 6) is 1.45. The topological polar surface area (TPSA) is 60.9 Å². The van der Waals surface area contributed by atoms with Crippen LogP contribution in [0.15, 0.2) is 181 Å². The highest BCUT2D eigenvalue weighted by atomic mass is 16.5. The number of aliphatic imine (C=N–C) groups is 1. The molecule has 0 bridgehead atoms. The van der Waals surface area contributed by atoms with Crippen LogP contribution < -0.4 is 15.0 Å². The van der Waals surface area contributed by atoms with E-state index in [4.69, 9.17) is 9.47 Å². The van der Waals surface area contributed by atoms with E-state index < -0.39 is 5.72 Å². The van der Waals surface area contributed by atoms with Gasteiger partial charge in [0.25, 0.3) is 0 Å². The van der Waals surface area contributed by atoms with Gasteiger partial charge in [0.05, 0.1) is 17.6 Å². The molecule has 0 radical (unpaired) electrons. The molecular formula is C50H44N4O2. The predicted molar refractivity (Wildman–Crippen MR) is 231 cm³/mol. The molecule has 1 atom stereocenters. The van der Waals surface area contributed by atoms with Crippen LogP contribution >= 0.6 is 0 Å². The van der Waals surface area contributed by atoms with Gasteiger partial charge < -0.3 is 18.9 Å². The minimum Gasteiger partial charge on any atom is -0.488 e. The summed E-state index contributed by atoms with van der Waals surface area (Å²) in [5.41, 5.74) is 10.1. The molecule has 1 saturated heterocycles. The first kappa shape index (κ1) is 35.1. The SMILES string of the molecule is C/N=C(\OC1(c2ccc(N(c3ccccc3)c3ccc(-n4c5ccccc5c5ccccc54)cc3)cc2)CN1)c1ccc(-c2ccc(OC(C)(C)C)cc2)cc1. The van der Waals surface area contributed by atoms with E-state index in [1.54, 1.807) is 7.05 Å². The fourth-order valence-corrected chi connectivity index (χ4v) is 7.54. The van der Waals surface area contributed by atoms with Crippen molar-refractivity contribution in [3.8, 4) is 22.6 Å². The molecule has 276 valence electrons. The first-order valence-electron chi connectivity index (χ1n) is 19.1. The van der Waals surface area contributed by atoms with Crippen LogP contribution in [-0.2, 0) is 10.5 Å². The molecule has 6 heteroatoms. The molecule has 1 N–H and O–H groups in total. The van der Waals surface area contributed by atoms with Crippen molar-refractivity contribution in [2.24, 2.45) is 4.99 Å². The Labute approximate surface area is 328 Å². The van der Waals surface area contributed by atoms with Crippen LogP contribution in [0.3, 0.4) is 0 Å². The van der Waals surface area contributed by atoms with Crippen LogP contribution in [0.1, 0.15) is 31.9 Å². The van der Waals surface area contributed by atoms with E-state index in [0.717, 1.165) is 50.8 Å². The smallest absolute Gasteiger partial charge is 0.217 e. The molecule has 0 saturated carbocycles. The number of para-hydroxylation sites is 3. The molecule has 0 aliphatic carbocycles. The van der Waals surface area contributed by atoms with E-state index in [1.165, 1.54) is 21.8 Å². The summed E-state index contributed by atoms with van der Waals surface area (Å²) in [6.07, 6.45) is 0. The maximum absolute atomic E-state index is 6.66. The van der Waals surface area contributed by atoms with E-state index in [9.17, 15) is 0 Å². The number of anilines is 3. The largest absolute Gasteiger partial charge is 0.488 e. The first-order valence-corrected chi connectivity index (χ1v) is 19.1. The zero-order valence-electron chi connectivity index (χ0n) is 32.1. The zero-order chi connectivity index (χ0) is 38.3. The van der Waals surface area contributed by atoms with Crippen LogP contribution in [0.4, 0.5) is 17.1 Å². The Kier molecular flexibility index (Phi) is 8.91. The molecule has 9 rings (SSSR count). The number of nitrogens with one attached hydrogen (secondary N) is 1. The van der Waals surface area contributed by atoms with Crippen LogP contribution in [0.5, 0.6) is 5.75 Å². The molecule has 7 aromatic carbocycles. The number of hydrogen-bond donors (Lipinski definition) is 1. The third kappa shape index (κ3) is 6.80. The summed E-state index contributed by atoms with van der Waals surface area (Å²) in [4.78, 5) is 6.86. The van der Waals surface area contributed by atoms with Crippen LogP contribution in [0.2, 0.25) is 0 Å². The van der Waals surface area contributed by atoms with E-state index >= 15 is 0 Å². The molecule has 1 aliphatic heterocycles. The Morgan fingerprint density at radius 3 is 1.64 bits per heavy atom. The summed E-state index contributed by atoms with van der Waals surface area (Å²) in [6, 6.07) is 61.8. The lowest BCUT2D eigenvalue weighted by atomic mass is 10.0. The van der Waals surface area contributed by atoms with Gasteiger partial charge in [0, 0.05) is 51.7 Å². The highest BCUT2D eigenvalue weighted by molar-refractivity contribution is 6.09. The van der Waals surface area contributed by atoms with Gasteiger partial charge in [0.15, 0.2) is 0 Å². The van der Waals surface area contributed by atoms with Gasteiger partial charge in [-0.2, -0.15) is 0 Å². The summed E-state index contributed by atoms with van der Waals surface area (Å²) in [5, 5.41) is 5.99. The Hall–Kier alpha value is -6.63. The Balaban J connectivity index is 0.958. The lowest BCUT2D eigenvalue weighted by Gasteiger charge is -2.26. The lowest BCUT2D eigenvalue weighted by molar-refractivity contribution is 0.131. The van der Waals surface area contributed by atoms with Crippen molar-refractivity contribution in [1.29, 1.82) is 0 Å². The van der Waals surface area contributed by atoms with Crippen molar-refractivity contribution in [3.05, 3.63) is 187 Å². The number of hydrogen-bond acceptors (Lipinski definition) is 5. The summed E-state index contributed by atoms with van der Waals surface area (Å²) < 4.78 is 15.0. The number of aromatic nitrogens is 1. The fourth-order valence-electron chi connectivity index (χ4n) is 7.54. The summed E-state index contributed by atoms with van der Waals surface area (Å²) >= 11 is 0. The molecule has 6 nitrogen and oxygen atoms in total. The Morgan fingerprint density at radius 1 is 0.607 bits per heavy atom. The Morgan fingerprint density at radius 2 is 1.11 bits per heavy atom. The van der Waals surface area contributed by atoms with Gasteiger partial charge in [-0.1, -0.05) is 91.0 Å². The van der Waals surface area contributed by atoms with Crippen molar-refractivity contribution in [1.82, 2.24) is 9.88 Å². The maximum Gasteiger partial charge on any atom is 0.217 e. The summed E-state index contributed by atoms with van der Waals surface area (Å²) in [6.45, 7) is 6.86. The number of rotatable bonds is 9. The van der Waals surface area contributed by atoms with E-state index in [0.29, 0.717) is 12.4 Å². The lowest BCUT2D eigenvalue weighted by Crippen LogP contribution is -2.23. The molecule has 1 aliphatic rings. The second-order valence-electron chi connectivity index (χ2n) is 15.2. The zero-order valence-corrected chi connectivity index (χ0v) is 32.1. The molecule has 0 spiro atoms. The first-order chi connectivity index (χ1) is 27.3. The second-order valence-corrected chi connectivity index (χ2v) is 15.2. The molecule has 2 heterocycles. The molecule has 0 amide bonds. The highest BCUT2D eigenvalue weighted by Crippen LogP contribution is 2.40. The van der Waals surface area contributed by atoms with Crippen LogP contribution in [0, 0.1) is 0 Å². The predicted octanol–water partition coefficient (Wildman–Crippen LogP) is 11.9. The second kappa shape index (κ2) is 14.2. The van der Waals surface area contributed by atoms with Crippen molar-refractivity contribution in [2.75, 3.05) is 18.5 Å². The van der Waals surface area contributed by atoms with Crippen LogP contribution in [0.25, 0.3) is 38.6 Å². The number of ether oxygens (including phenoxy) is 2. The maximum atomic E-state index is 6.66. The van der Waals surface area contributed by atoms with Gasteiger partial charge in [0.2, 0.25) is 11.6 Å². The third-order valence-electron chi connectivity index (χ3n) is 10.3. The van der Waals surface area contributed by atoms with E-state index in [1.807, 2.05) is 12.1 Å². The molecule has 1 unspecified atom stereocenters. The highest BCUT2D eigenvalue weighted by Gasteiger charge is 2.48. The van der Waals surface area contributed by atoms with E-state index in [2.05, 4.69) is 204 Å². The standard InChI is InChI=1S/C50H44N4O2/c1-49(2,3)55-43-32-22-36(23-33-43)35-18-20-37(21-19-35)48(51-4)56-50(34-52-50)38-24-26-40(27-25-38)53(39-12-6-5-7-13-39)41-28-30-42(31-29-41)54-46-16-10-8-14-44(46)45-15-9-11-17-47(45)54/h5-33,52H,34H2,1-4H3/b51-48-. The minimum absolute atomic E-state index is 0.235. The van der Waals surface area contributed by atoms with E-state index in [-0.39, 0.29) is 5.60 Å². The molecule has 1 aromatic heterocycles. The quantitative estimate of drug-likeness (QED) is 0.0912. The fraction of sp³-hybridized carbons (Fsp3) is 0.140. The van der Waals surface area contributed by atoms with Crippen LogP contribution in [-0.4, -0.2) is 29.7 Å². The minimum atomic E-state index is -0.642.